The molecule has 2 rings (SSSR count). The van der Waals surface area contributed by atoms with Crippen LogP contribution in [0.15, 0.2) is 29.2 Å². The smallest absolute Gasteiger partial charge is 0.335 e. The van der Waals surface area contributed by atoms with Gasteiger partial charge >= 0.3 is 5.97 Å². The topological polar surface area (TPSA) is 80.7 Å². The minimum atomic E-state index is -3.50. The van der Waals surface area contributed by atoms with Gasteiger partial charge < -0.3 is 9.84 Å². The molecular weight excluding hydrogens is 292 g/mol. The van der Waals surface area contributed by atoms with Crippen LogP contribution in [0.3, 0.4) is 0 Å². The Labute approximate surface area is 124 Å². The molecule has 1 fully saturated rings. The highest BCUT2D eigenvalue weighted by Crippen LogP contribution is 2.24. The van der Waals surface area contributed by atoms with Crippen molar-refractivity contribution >= 4 is 15.8 Å². The summed E-state index contributed by atoms with van der Waals surface area (Å²) in [6.45, 7) is 0.765. The van der Waals surface area contributed by atoms with Crippen molar-refractivity contribution in [2.45, 2.75) is 30.6 Å². The average molecular weight is 312 g/mol. The molecule has 0 atom stereocenters. The molecule has 0 saturated heterocycles. The number of hydrogen-bond donors (Lipinski definition) is 1. The first-order valence-electron chi connectivity index (χ1n) is 7.13. The number of sulfone groups is 1. The molecular formula is C15H20O5S. The predicted octanol–water partition coefficient (Wildman–Crippen LogP) is 2.37. The molecule has 0 bridgehead atoms. The zero-order valence-corrected chi connectivity index (χ0v) is 12.6. The summed E-state index contributed by atoms with van der Waals surface area (Å²) in [6, 6.07) is 5.42. The molecule has 21 heavy (non-hydrogen) atoms. The second kappa shape index (κ2) is 7.04. The Balaban J connectivity index is 1.88. The second-order valence-corrected chi connectivity index (χ2v) is 7.49. The first-order valence-corrected chi connectivity index (χ1v) is 8.78. The molecule has 0 radical (unpaired) electrons. The standard InChI is InChI=1S/C15H20O5S/c16-15(17)13-6-3-7-14(10-13)21(18,19)9-8-20-11-12-4-1-2-5-12/h3,6-7,10,12H,1-2,4-5,8-9,11H2,(H,16,17). The van der Waals surface area contributed by atoms with Gasteiger partial charge in [0.15, 0.2) is 9.84 Å². The van der Waals surface area contributed by atoms with Gasteiger partial charge in [-0.25, -0.2) is 13.2 Å². The molecule has 1 aliphatic carbocycles. The lowest BCUT2D eigenvalue weighted by atomic mass is 10.1. The summed E-state index contributed by atoms with van der Waals surface area (Å²) in [6.07, 6.45) is 4.78. The SMILES string of the molecule is O=C(O)c1cccc(S(=O)(=O)CCOCC2CCCC2)c1. The Morgan fingerprint density at radius 1 is 1.29 bits per heavy atom. The number of benzene rings is 1. The maximum atomic E-state index is 12.1. The van der Waals surface area contributed by atoms with Gasteiger partial charge in [-0.3, -0.25) is 0 Å². The number of carboxylic acid groups (broad SMARTS) is 1. The van der Waals surface area contributed by atoms with Crippen LogP contribution in [-0.2, 0) is 14.6 Å². The van der Waals surface area contributed by atoms with Crippen molar-refractivity contribution in [3.8, 4) is 0 Å². The number of ether oxygens (including phenoxy) is 1. The fourth-order valence-electron chi connectivity index (χ4n) is 2.54. The van der Waals surface area contributed by atoms with Gasteiger partial charge in [-0.15, -0.1) is 0 Å². The van der Waals surface area contributed by atoms with Crippen LogP contribution in [0.4, 0.5) is 0 Å². The monoisotopic (exact) mass is 312 g/mol. The van der Waals surface area contributed by atoms with Crippen molar-refractivity contribution in [2.24, 2.45) is 5.92 Å². The van der Waals surface area contributed by atoms with E-state index in [9.17, 15) is 13.2 Å². The second-order valence-electron chi connectivity index (χ2n) is 5.38. The van der Waals surface area contributed by atoms with Crippen LogP contribution >= 0.6 is 0 Å². The van der Waals surface area contributed by atoms with Gasteiger partial charge in [-0.2, -0.15) is 0 Å². The quantitative estimate of drug-likeness (QED) is 0.782. The number of hydrogen-bond acceptors (Lipinski definition) is 4. The minimum absolute atomic E-state index is 0.0250. The van der Waals surface area contributed by atoms with Gasteiger partial charge in [0.05, 0.1) is 22.8 Å². The number of aromatic carboxylic acids is 1. The highest BCUT2D eigenvalue weighted by Gasteiger charge is 2.18. The van der Waals surface area contributed by atoms with Crippen molar-refractivity contribution in [1.29, 1.82) is 0 Å². The van der Waals surface area contributed by atoms with Gasteiger partial charge in [0.1, 0.15) is 0 Å². The normalized spacial score (nSPS) is 16.2. The van der Waals surface area contributed by atoms with E-state index in [-0.39, 0.29) is 22.8 Å². The third-order valence-corrected chi connectivity index (χ3v) is 5.44. The maximum Gasteiger partial charge on any atom is 0.335 e. The molecule has 5 nitrogen and oxygen atoms in total. The van der Waals surface area contributed by atoms with Crippen LogP contribution in [0.2, 0.25) is 0 Å². The van der Waals surface area contributed by atoms with Crippen LogP contribution in [0.1, 0.15) is 36.0 Å². The summed E-state index contributed by atoms with van der Waals surface area (Å²) in [5.41, 5.74) is -0.0250. The molecule has 1 saturated carbocycles. The maximum absolute atomic E-state index is 12.1. The number of rotatable bonds is 7. The third kappa shape index (κ3) is 4.54. The molecule has 1 aromatic rings. The Kier molecular flexibility index (Phi) is 5.36. The average Bonchev–Trinajstić information content (AvgIpc) is 2.97. The largest absolute Gasteiger partial charge is 0.478 e. The Morgan fingerprint density at radius 2 is 2.00 bits per heavy atom. The highest BCUT2D eigenvalue weighted by atomic mass is 32.2. The molecule has 0 spiro atoms. The van der Waals surface area contributed by atoms with Gasteiger partial charge in [0.25, 0.3) is 0 Å². The van der Waals surface area contributed by atoms with Crippen molar-refractivity contribution < 1.29 is 23.1 Å². The number of carbonyl (C=O) groups is 1. The first kappa shape index (κ1) is 16.0. The van der Waals surface area contributed by atoms with Crippen LogP contribution < -0.4 is 0 Å². The molecule has 1 aliphatic rings. The Hall–Kier alpha value is -1.40. The highest BCUT2D eigenvalue weighted by molar-refractivity contribution is 7.91. The van der Waals surface area contributed by atoms with Gasteiger partial charge in [0.2, 0.25) is 0 Å². The lowest BCUT2D eigenvalue weighted by Gasteiger charge is -2.10. The van der Waals surface area contributed by atoms with E-state index in [1.54, 1.807) is 0 Å². The molecule has 1 N–H and O–H groups in total. The van der Waals surface area contributed by atoms with Crippen molar-refractivity contribution in [3.63, 3.8) is 0 Å². The van der Waals surface area contributed by atoms with E-state index in [0.29, 0.717) is 12.5 Å². The Morgan fingerprint density at radius 3 is 2.67 bits per heavy atom. The summed E-state index contributed by atoms with van der Waals surface area (Å²) >= 11 is 0. The molecule has 0 aromatic heterocycles. The van der Waals surface area contributed by atoms with E-state index < -0.39 is 15.8 Å². The molecule has 0 unspecified atom stereocenters. The van der Waals surface area contributed by atoms with E-state index in [1.807, 2.05) is 0 Å². The van der Waals surface area contributed by atoms with Crippen LogP contribution in [0.5, 0.6) is 0 Å². The fourth-order valence-corrected chi connectivity index (χ4v) is 3.70. The molecule has 6 heteroatoms. The molecule has 0 amide bonds. The molecule has 116 valence electrons. The summed E-state index contributed by atoms with van der Waals surface area (Å²) in [4.78, 5) is 10.9. The van der Waals surface area contributed by atoms with Crippen LogP contribution in [0.25, 0.3) is 0 Å². The van der Waals surface area contributed by atoms with Crippen molar-refractivity contribution in [1.82, 2.24) is 0 Å². The molecule has 1 aromatic carbocycles. The molecule has 0 aliphatic heterocycles. The van der Waals surface area contributed by atoms with Gasteiger partial charge in [0, 0.05) is 6.61 Å². The predicted molar refractivity (Wildman–Crippen MR) is 78.2 cm³/mol. The van der Waals surface area contributed by atoms with E-state index in [4.69, 9.17) is 9.84 Å². The van der Waals surface area contributed by atoms with Crippen molar-refractivity contribution in [2.75, 3.05) is 19.0 Å². The lowest BCUT2D eigenvalue weighted by molar-refractivity contribution is 0.0696. The van der Waals surface area contributed by atoms with Gasteiger partial charge in [-0.05, 0) is 37.0 Å². The van der Waals surface area contributed by atoms with E-state index in [0.717, 1.165) is 12.8 Å². The fraction of sp³-hybridized carbons (Fsp3) is 0.533. The summed E-state index contributed by atoms with van der Waals surface area (Å²) in [5.74, 6) is -0.699. The third-order valence-electron chi connectivity index (χ3n) is 3.76. The van der Waals surface area contributed by atoms with Gasteiger partial charge in [-0.1, -0.05) is 18.9 Å². The number of carboxylic acids is 1. The van der Waals surface area contributed by atoms with Crippen LogP contribution in [-0.4, -0.2) is 38.5 Å². The van der Waals surface area contributed by atoms with E-state index >= 15 is 0 Å². The van der Waals surface area contributed by atoms with Crippen molar-refractivity contribution in [3.05, 3.63) is 29.8 Å². The molecule has 0 heterocycles. The summed E-state index contributed by atoms with van der Waals surface area (Å²) < 4.78 is 29.7. The van der Waals surface area contributed by atoms with E-state index in [1.165, 1.54) is 37.1 Å². The minimum Gasteiger partial charge on any atom is -0.478 e. The summed E-state index contributed by atoms with van der Waals surface area (Å²) in [5, 5.41) is 8.89. The summed E-state index contributed by atoms with van der Waals surface area (Å²) in [7, 11) is -3.50. The van der Waals surface area contributed by atoms with E-state index in [2.05, 4.69) is 0 Å². The van der Waals surface area contributed by atoms with Crippen LogP contribution in [0, 0.1) is 5.92 Å². The zero-order valence-electron chi connectivity index (χ0n) is 11.8. The zero-order chi connectivity index (χ0) is 15.3. The first-order chi connectivity index (χ1) is 9.99. The lowest BCUT2D eigenvalue weighted by Crippen LogP contribution is -2.15. The Bertz CT molecular complexity index is 588.